The highest BCUT2D eigenvalue weighted by atomic mass is 32.2. The van der Waals surface area contributed by atoms with Crippen LogP contribution in [-0.4, -0.2) is 25.2 Å². The van der Waals surface area contributed by atoms with Crippen LogP contribution in [0, 0.1) is 11.2 Å². The number of hydrogen-bond acceptors (Lipinski definition) is 3. The van der Waals surface area contributed by atoms with Gasteiger partial charge in [-0.15, -0.1) is 0 Å². The largest absolute Gasteiger partial charge is 0.478 e. The lowest BCUT2D eigenvalue weighted by Crippen LogP contribution is -2.26. The fourth-order valence-corrected chi connectivity index (χ4v) is 3.28. The molecule has 0 unspecified atom stereocenters. The van der Waals surface area contributed by atoms with Gasteiger partial charge < -0.3 is 5.11 Å². The van der Waals surface area contributed by atoms with E-state index in [4.69, 9.17) is 5.11 Å². The molecule has 0 saturated heterocycles. The minimum Gasteiger partial charge on any atom is -0.478 e. The third-order valence-corrected chi connectivity index (χ3v) is 3.88. The minimum atomic E-state index is -3.70. The summed E-state index contributed by atoms with van der Waals surface area (Å²) < 4.78 is 38.9. The molecule has 0 atom stereocenters. The van der Waals surface area contributed by atoms with E-state index in [1.807, 2.05) is 0 Å². The normalized spacial score (nSPS) is 12.2. The monoisotopic (exact) mass is 289 g/mol. The zero-order chi connectivity index (χ0) is 14.8. The Hall–Kier alpha value is -1.63. The smallest absolute Gasteiger partial charge is 0.337 e. The molecule has 1 aromatic rings. The van der Waals surface area contributed by atoms with Crippen molar-refractivity contribution in [2.24, 2.45) is 5.41 Å². The van der Waals surface area contributed by atoms with Crippen LogP contribution < -0.4 is 4.72 Å². The summed E-state index contributed by atoms with van der Waals surface area (Å²) in [5.74, 6) is -2.31. The SMILES string of the molecule is CC(C)(C)CS(=O)(=O)Nc1ccc(F)cc1C(=O)O. The van der Waals surface area contributed by atoms with E-state index in [0.717, 1.165) is 18.2 Å². The van der Waals surface area contributed by atoms with Gasteiger partial charge in [0.05, 0.1) is 17.0 Å². The fourth-order valence-electron chi connectivity index (χ4n) is 1.56. The van der Waals surface area contributed by atoms with Gasteiger partial charge in [0.25, 0.3) is 0 Å². The number of carbonyl (C=O) groups is 1. The van der Waals surface area contributed by atoms with Gasteiger partial charge >= 0.3 is 5.97 Å². The Kier molecular flexibility index (Phi) is 4.19. The van der Waals surface area contributed by atoms with Crippen LogP contribution in [-0.2, 0) is 10.0 Å². The number of hydrogen-bond donors (Lipinski definition) is 2. The van der Waals surface area contributed by atoms with Crippen LogP contribution >= 0.6 is 0 Å². The number of halogens is 1. The second-order valence-electron chi connectivity index (χ2n) is 5.42. The summed E-state index contributed by atoms with van der Waals surface area (Å²) in [4.78, 5) is 10.9. The molecule has 0 saturated carbocycles. The molecule has 0 fully saturated rings. The summed E-state index contributed by atoms with van der Waals surface area (Å²) in [6, 6.07) is 2.87. The van der Waals surface area contributed by atoms with Crippen LogP contribution in [0.1, 0.15) is 31.1 Å². The molecule has 0 heterocycles. The standard InChI is InChI=1S/C12H16FNO4S/c1-12(2,3)7-19(17,18)14-10-5-4-8(13)6-9(10)11(15)16/h4-6,14H,7H2,1-3H3,(H,15,16). The van der Waals surface area contributed by atoms with Gasteiger partial charge in [0.15, 0.2) is 0 Å². The molecule has 0 amide bonds. The van der Waals surface area contributed by atoms with Gasteiger partial charge in [-0.3, -0.25) is 4.72 Å². The van der Waals surface area contributed by atoms with Crippen LogP contribution in [0.15, 0.2) is 18.2 Å². The third kappa shape index (κ3) is 4.86. The lowest BCUT2D eigenvalue weighted by Gasteiger charge is -2.19. The number of nitrogens with one attached hydrogen (secondary N) is 1. The Balaban J connectivity index is 3.10. The van der Waals surface area contributed by atoms with Crippen LogP contribution in [0.3, 0.4) is 0 Å². The number of aromatic carboxylic acids is 1. The van der Waals surface area contributed by atoms with Gasteiger partial charge in [-0.05, 0) is 23.6 Å². The minimum absolute atomic E-state index is 0.141. The van der Waals surface area contributed by atoms with E-state index in [1.54, 1.807) is 20.8 Å². The number of carboxylic acid groups (broad SMARTS) is 1. The molecule has 0 aliphatic carbocycles. The van der Waals surface area contributed by atoms with E-state index in [-0.39, 0.29) is 11.4 Å². The zero-order valence-corrected chi connectivity index (χ0v) is 11.7. The summed E-state index contributed by atoms with van der Waals surface area (Å²) in [6.45, 7) is 5.24. The lowest BCUT2D eigenvalue weighted by atomic mass is 10.0. The molecule has 7 heteroatoms. The first-order valence-electron chi connectivity index (χ1n) is 5.53. The lowest BCUT2D eigenvalue weighted by molar-refractivity contribution is 0.0697. The highest BCUT2D eigenvalue weighted by Gasteiger charge is 2.23. The maximum Gasteiger partial charge on any atom is 0.337 e. The number of sulfonamides is 1. The average Bonchev–Trinajstić information content (AvgIpc) is 2.16. The molecule has 0 bridgehead atoms. The van der Waals surface area contributed by atoms with Gasteiger partial charge in [0.1, 0.15) is 5.82 Å². The number of rotatable bonds is 4. The van der Waals surface area contributed by atoms with E-state index >= 15 is 0 Å². The molecule has 0 spiro atoms. The van der Waals surface area contributed by atoms with Gasteiger partial charge in [0, 0.05) is 0 Å². The number of anilines is 1. The van der Waals surface area contributed by atoms with Crippen molar-refractivity contribution in [2.45, 2.75) is 20.8 Å². The van der Waals surface area contributed by atoms with Crippen molar-refractivity contribution < 1.29 is 22.7 Å². The van der Waals surface area contributed by atoms with Gasteiger partial charge in [-0.2, -0.15) is 0 Å². The molecule has 0 radical (unpaired) electrons. The molecule has 0 aromatic heterocycles. The molecular weight excluding hydrogens is 273 g/mol. The Bertz CT molecular complexity index is 590. The predicted molar refractivity (Wildman–Crippen MR) is 70.2 cm³/mol. The van der Waals surface area contributed by atoms with Crippen LogP contribution in [0.25, 0.3) is 0 Å². The first kappa shape index (κ1) is 15.4. The fraction of sp³-hybridized carbons (Fsp3) is 0.417. The maximum atomic E-state index is 13.0. The first-order chi connectivity index (χ1) is 8.50. The topological polar surface area (TPSA) is 83.5 Å². The van der Waals surface area contributed by atoms with Crippen LogP contribution in [0.5, 0.6) is 0 Å². The predicted octanol–water partition coefficient (Wildman–Crippen LogP) is 2.31. The Morgan fingerprint density at radius 2 is 1.95 bits per heavy atom. The van der Waals surface area contributed by atoms with Gasteiger partial charge in [-0.1, -0.05) is 20.8 Å². The molecule has 19 heavy (non-hydrogen) atoms. The van der Waals surface area contributed by atoms with Crippen molar-refractivity contribution in [3.05, 3.63) is 29.6 Å². The summed E-state index contributed by atoms with van der Waals surface area (Å²) >= 11 is 0. The third-order valence-electron chi connectivity index (χ3n) is 2.10. The van der Waals surface area contributed by atoms with E-state index in [0.29, 0.717) is 0 Å². The first-order valence-corrected chi connectivity index (χ1v) is 7.19. The summed E-state index contributed by atoms with van der Waals surface area (Å²) in [5.41, 5.74) is -1.04. The molecule has 106 valence electrons. The summed E-state index contributed by atoms with van der Waals surface area (Å²) in [6.07, 6.45) is 0. The van der Waals surface area contributed by atoms with E-state index in [1.165, 1.54) is 0 Å². The van der Waals surface area contributed by atoms with Gasteiger partial charge in [-0.25, -0.2) is 17.6 Å². The van der Waals surface area contributed by atoms with E-state index < -0.39 is 32.8 Å². The molecule has 0 aliphatic rings. The molecule has 2 N–H and O–H groups in total. The molecule has 1 rings (SSSR count). The zero-order valence-electron chi connectivity index (χ0n) is 10.9. The van der Waals surface area contributed by atoms with Crippen molar-refractivity contribution in [3.63, 3.8) is 0 Å². The maximum absolute atomic E-state index is 13.0. The molecule has 1 aromatic carbocycles. The quantitative estimate of drug-likeness (QED) is 0.891. The highest BCUT2D eigenvalue weighted by Crippen LogP contribution is 2.22. The molecule has 5 nitrogen and oxygen atoms in total. The second-order valence-corrected chi connectivity index (χ2v) is 7.14. The molecule has 0 aliphatic heterocycles. The van der Waals surface area contributed by atoms with Crippen molar-refractivity contribution >= 4 is 21.7 Å². The van der Waals surface area contributed by atoms with Crippen molar-refractivity contribution in [1.82, 2.24) is 0 Å². The Morgan fingerprint density at radius 1 is 1.37 bits per heavy atom. The average molecular weight is 289 g/mol. The summed E-state index contributed by atoms with van der Waals surface area (Å²) in [7, 11) is -3.70. The number of carboxylic acids is 1. The van der Waals surface area contributed by atoms with Crippen molar-refractivity contribution in [3.8, 4) is 0 Å². The van der Waals surface area contributed by atoms with Crippen molar-refractivity contribution in [1.29, 1.82) is 0 Å². The van der Waals surface area contributed by atoms with Crippen LogP contribution in [0.2, 0.25) is 0 Å². The summed E-state index contributed by atoms with van der Waals surface area (Å²) in [5, 5.41) is 8.92. The highest BCUT2D eigenvalue weighted by molar-refractivity contribution is 7.92. The Labute approximate surface area is 111 Å². The van der Waals surface area contributed by atoms with Gasteiger partial charge in [0.2, 0.25) is 10.0 Å². The van der Waals surface area contributed by atoms with Crippen LogP contribution in [0.4, 0.5) is 10.1 Å². The number of benzene rings is 1. The van der Waals surface area contributed by atoms with Crippen molar-refractivity contribution in [2.75, 3.05) is 10.5 Å². The second kappa shape index (κ2) is 5.16. The van der Waals surface area contributed by atoms with E-state index in [9.17, 15) is 17.6 Å². The molecular formula is C12H16FNO4S. The Morgan fingerprint density at radius 3 is 2.42 bits per heavy atom. The van der Waals surface area contributed by atoms with E-state index in [2.05, 4.69) is 4.72 Å².